The molecular formula is C17H14N2O. The molecule has 0 aliphatic carbocycles. The Morgan fingerprint density at radius 3 is 2.00 bits per heavy atom. The van der Waals surface area contributed by atoms with E-state index in [1.54, 1.807) is 13.1 Å². The topological polar surface area (TPSA) is 34.9 Å². The molecule has 0 saturated carbocycles. The highest BCUT2D eigenvalue weighted by atomic mass is 16.1. The molecule has 1 aromatic heterocycles. The van der Waals surface area contributed by atoms with Crippen LogP contribution < -0.4 is 5.56 Å². The normalized spacial score (nSPS) is 10.4. The molecule has 0 aliphatic rings. The number of nitrogens with zero attached hydrogens (tertiary/aromatic N) is 2. The molecule has 1 heterocycles. The van der Waals surface area contributed by atoms with Crippen molar-refractivity contribution in [3.05, 3.63) is 77.1 Å². The fourth-order valence-corrected chi connectivity index (χ4v) is 2.12. The number of rotatable bonds is 2. The van der Waals surface area contributed by atoms with Crippen molar-refractivity contribution in [2.24, 2.45) is 7.05 Å². The van der Waals surface area contributed by atoms with Gasteiger partial charge in [0.2, 0.25) is 0 Å². The van der Waals surface area contributed by atoms with Gasteiger partial charge in [0.1, 0.15) is 0 Å². The molecule has 0 bridgehead atoms. The van der Waals surface area contributed by atoms with Crippen LogP contribution in [0.1, 0.15) is 0 Å². The summed E-state index contributed by atoms with van der Waals surface area (Å²) in [6, 6.07) is 21.7. The van der Waals surface area contributed by atoms with Gasteiger partial charge in [0, 0.05) is 18.7 Å². The first-order valence-corrected chi connectivity index (χ1v) is 6.44. The molecular weight excluding hydrogens is 248 g/mol. The van der Waals surface area contributed by atoms with Gasteiger partial charge in [-0.3, -0.25) is 4.79 Å². The van der Waals surface area contributed by atoms with Crippen molar-refractivity contribution in [3.63, 3.8) is 0 Å². The molecule has 0 radical (unpaired) electrons. The fraction of sp³-hybridized carbons (Fsp3) is 0.0588. The van der Waals surface area contributed by atoms with Crippen molar-refractivity contribution < 1.29 is 0 Å². The van der Waals surface area contributed by atoms with Gasteiger partial charge in [-0.05, 0) is 17.2 Å². The van der Waals surface area contributed by atoms with Gasteiger partial charge in [0.05, 0.1) is 5.69 Å². The van der Waals surface area contributed by atoms with Crippen molar-refractivity contribution in [1.29, 1.82) is 0 Å². The summed E-state index contributed by atoms with van der Waals surface area (Å²) in [5.74, 6) is 0. The summed E-state index contributed by atoms with van der Waals surface area (Å²) in [6.45, 7) is 0. The third-order valence-electron chi connectivity index (χ3n) is 3.25. The SMILES string of the molecule is Cn1nc(-c2ccc(-c3ccccc3)cc2)ccc1=O. The lowest BCUT2D eigenvalue weighted by Crippen LogP contribution is -2.18. The highest BCUT2D eigenvalue weighted by Crippen LogP contribution is 2.22. The summed E-state index contributed by atoms with van der Waals surface area (Å²) >= 11 is 0. The summed E-state index contributed by atoms with van der Waals surface area (Å²) in [5, 5.41) is 4.25. The van der Waals surface area contributed by atoms with Crippen LogP contribution in [0.3, 0.4) is 0 Å². The number of benzene rings is 2. The number of hydrogen-bond donors (Lipinski definition) is 0. The van der Waals surface area contributed by atoms with E-state index in [0.717, 1.165) is 11.3 Å². The van der Waals surface area contributed by atoms with Crippen LogP contribution in [0.4, 0.5) is 0 Å². The first-order chi connectivity index (χ1) is 9.74. The van der Waals surface area contributed by atoms with E-state index in [2.05, 4.69) is 29.4 Å². The summed E-state index contributed by atoms with van der Waals surface area (Å²) < 4.78 is 1.35. The quantitative estimate of drug-likeness (QED) is 0.711. The molecule has 2 aromatic carbocycles. The second-order valence-electron chi connectivity index (χ2n) is 4.62. The Morgan fingerprint density at radius 1 is 0.750 bits per heavy atom. The zero-order valence-electron chi connectivity index (χ0n) is 11.2. The predicted molar refractivity (Wildman–Crippen MR) is 80.4 cm³/mol. The average Bonchev–Trinajstić information content (AvgIpc) is 2.51. The van der Waals surface area contributed by atoms with Crippen LogP contribution in [0.15, 0.2) is 71.5 Å². The lowest BCUT2D eigenvalue weighted by molar-refractivity contribution is 0.712. The van der Waals surface area contributed by atoms with Crippen molar-refractivity contribution >= 4 is 0 Å². The van der Waals surface area contributed by atoms with Crippen LogP contribution >= 0.6 is 0 Å². The van der Waals surface area contributed by atoms with Crippen LogP contribution in [0.25, 0.3) is 22.4 Å². The van der Waals surface area contributed by atoms with Gasteiger partial charge in [-0.1, -0.05) is 54.6 Å². The van der Waals surface area contributed by atoms with Crippen molar-refractivity contribution in [1.82, 2.24) is 9.78 Å². The van der Waals surface area contributed by atoms with Gasteiger partial charge in [-0.15, -0.1) is 0 Å². The molecule has 0 amide bonds. The maximum absolute atomic E-state index is 11.3. The minimum Gasteiger partial charge on any atom is -0.268 e. The molecule has 98 valence electrons. The van der Waals surface area contributed by atoms with Gasteiger partial charge < -0.3 is 0 Å². The molecule has 3 aromatic rings. The highest BCUT2D eigenvalue weighted by molar-refractivity contribution is 5.68. The molecule has 0 saturated heterocycles. The largest absolute Gasteiger partial charge is 0.268 e. The first kappa shape index (κ1) is 12.4. The smallest absolute Gasteiger partial charge is 0.266 e. The molecule has 0 fully saturated rings. The van der Waals surface area contributed by atoms with E-state index >= 15 is 0 Å². The summed E-state index contributed by atoms with van der Waals surface area (Å²) in [7, 11) is 1.66. The monoisotopic (exact) mass is 262 g/mol. The molecule has 0 atom stereocenters. The van der Waals surface area contributed by atoms with Gasteiger partial charge in [-0.25, -0.2) is 4.68 Å². The molecule has 3 heteroatoms. The summed E-state index contributed by atoms with van der Waals surface area (Å²) in [5.41, 5.74) is 4.05. The van der Waals surface area contributed by atoms with Gasteiger partial charge in [0.15, 0.2) is 0 Å². The van der Waals surface area contributed by atoms with Crippen molar-refractivity contribution in [2.45, 2.75) is 0 Å². The lowest BCUT2D eigenvalue weighted by atomic mass is 10.0. The maximum atomic E-state index is 11.3. The Hall–Kier alpha value is -2.68. The predicted octanol–water partition coefficient (Wildman–Crippen LogP) is 3.11. The van der Waals surface area contributed by atoms with E-state index < -0.39 is 0 Å². The van der Waals surface area contributed by atoms with Gasteiger partial charge in [0.25, 0.3) is 5.56 Å². The average molecular weight is 262 g/mol. The molecule has 0 aliphatic heterocycles. The van der Waals surface area contributed by atoms with Crippen LogP contribution in [0.2, 0.25) is 0 Å². The second-order valence-corrected chi connectivity index (χ2v) is 4.62. The molecule has 0 N–H and O–H groups in total. The molecule has 3 nitrogen and oxygen atoms in total. The number of aromatic nitrogens is 2. The minimum atomic E-state index is -0.102. The third kappa shape index (κ3) is 2.38. The first-order valence-electron chi connectivity index (χ1n) is 6.44. The number of hydrogen-bond acceptors (Lipinski definition) is 2. The fourth-order valence-electron chi connectivity index (χ4n) is 2.12. The molecule has 3 rings (SSSR count). The maximum Gasteiger partial charge on any atom is 0.266 e. The van der Waals surface area contributed by atoms with Gasteiger partial charge >= 0.3 is 0 Å². The van der Waals surface area contributed by atoms with E-state index in [-0.39, 0.29) is 5.56 Å². The Labute approximate surface area is 117 Å². The van der Waals surface area contributed by atoms with Crippen molar-refractivity contribution in [3.8, 4) is 22.4 Å². The summed E-state index contributed by atoms with van der Waals surface area (Å²) in [6.07, 6.45) is 0. The van der Waals surface area contributed by atoms with E-state index in [4.69, 9.17) is 0 Å². The Bertz CT molecular complexity index is 774. The van der Waals surface area contributed by atoms with Crippen LogP contribution in [-0.4, -0.2) is 9.78 Å². The van der Waals surface area contributed by atoms with Crippen LogP contribution in [0, 0.1) is 0 Å². The highest BCUT2D eigenvalue weighted by Gasteiger charge is 2.02. The number of aryl methyl sites for hydroxylation is 1. The minimum absolute atomic E-state index is 0.102. The standard InChI is InChI=1S/C17H14N2O/c1-19-17(20)12-11-16(18-19)15-9-7-14(8-10-15)13-5-3-2-4-6-13/h2-12H,1H3. The molecule has 20 heavy (non-hydrogen) atoms. The van der Waals surface area contributed by atoms with Crippen molar-refractivity contribution in [2.75, 3.05) is 0 Å². The van der Waals surface area contributed by atoms with E-state index in [1.165, 1.54) is 21.9 Å². The Morgan fingerprint density at radius 2 is 1.35 bits per heavy atom. The molecule has 0 unspecified atom stereocenters. The Balaban J connectivity index is 1.97. The third-order valence-corrected chi connectivity index (χ3v) is 3.25. The Kier molecular flexibility index (Phi) is 3.17. The zero-order chi connectivity index (χ0) is 13.9. The lowest BCUT2D eigenvalue weighted by Gasteiger charge is -2.05. The van der Waals surface area contributed by atoms with Crippen LogP contribution in [0.5, 0.6) is 0 Å². The summed E-state index contributed by atoms with van der Waals surface area (Å²) in [4.78, 5) is 11.3. The van der Waals surface area contributed by atoms with E-state index in [0.29, 0.717) is 0 Å². The van der Waals surface area contributed by atoms with E-state index in [1.807, 2.05) is 30.3 Å². The zero-order valence-corrected chi connectivity index (χ0v) is 11.2. The molecule has 0 spiro atoms. The van der Waals surface area contributed by atoms with Gasteiger partial charge in [-0.2, -0.15) is 5.10 Å². The van der Waals surface area contributed by atoms with Crippen LogP contribution in [-0.2, 0) is 7.05 Å². The second kappa shape index (κ2) is 5.13. The van der Waals surface area contributed by atoms with E-state index in [9.17, 15) is 4.79 Å².